The number of hydrogen-bond acceptors (Lipinski definition) is 0. The van der Waals surface area contributed by atoms with Crippen molar-refractivity contribution >= 4 is 43.1 Å². The van der Waals surface area contributed by atoms with Crippen molar-refractivity contribution < 1.29 is 0 Å². The summed E-state index contributed by atoms with van der Waals surface area (Å²) in [5.74, 6) is 0. The van der Waals surface area contributed by atoms with E-state index in [0.29, 0.717) is 0 Å². The van der Waals surface area contributed by atoms with E-state index >= 15 is 0 Å². The van der Waals surface area contributed by atoms with E-state index in [1.54, 1.807) is 0 Å². The van der Waals surface area contributed by atoms with Gasteiger partial charge >= 0.3 is 0 Å². The van der Waals surface area contributed by atoms with Crippen molar-refractivity contribution in [2.45, 2.75) is 38.5 Å². The molecule has 0 N–H and O–H groups in total. The monoisotopic (exact) mass is 1190 g/mol. The van der Waals surface area contributed by atoms with Gasteiger partial charge in [0.1, 0.15) is 0 Å². The number of fused-ring (bicyclic) bond motifs is 10. The molecule has 0 heterocycles. The first-order chi connectivity index (χ1) is 46.2. The Morgan fingerprint density at radius 2 is 0.372 bits per heavy atom. The molecule has 0 unspecified atom stereocenters. The first-order valence-corrected chi connectivity index (χ1v) is 33.1. The maximum Gasteiger partial charge on any atom is 0.0159 e. The molecular weight excluding hydrogens is 1130 g/mol. The van der Waals surface area contributed by atoms with Gasteiger partial charge in [0.25, 0.3) is 0 Å². The fraction of sp³-hybridized carbons (Fsp3) is 0.0638. The molecule has 0 bridgehead atoms. The molecule has 0 aromatic heterocycles. The van der Waals surface area contributed by atoms with Crippen molar-refractivity contribution in [3.8, 4) is 122 Å². The van der Waals surface area contributed by atoms with Crippen LogP contribution in [0.2, 0.25) is 0 Å². The van der Waals surface area contributed by atoms with Crippen molar-refractivity contribution in [3.63, 3.8) is 0 Å². The van der Waals surface area contributed by atoms with E-state index in [0.717, 1.165) is 0 Å². The van der Waals surface area contributed by atoms with Crippen LogP contribution < -0.4 is 0 Å². The van der Waals surface area contributed by atoms with E-state index in [9.17, 15) is 0 Å². The van der Waals surface area contributed by atoms with Gasteiger partial charge in [-0.3, -0.25) is 0 Å². The van der Waals surface area contributed by atoms with Crippen molar-refractivity contribution in [1.82, 2.24) is 0 Å². The fourth-order valence-electron chi connectivity index (χ4n) is 16.6. The van der Waals surface area contributed by atoms with Crippen LogP contribution in [0.4, 0.5) is 0 Å². The van der Waals surface area contributed by atoms with Crippen molar-refractivity contribution in [1.29, 1.82) is 0 Å². The molecule has 0 nitrogen and oxygen atoms in total. The maximum atomic E-state index is 2.54. The smallest absolute Gasteiger partial charge is 0.0159 e. The van der Waals surface area contributed by atoms with E-state index in [-0.39, 0.29) is 10.8 Å². The number of hydrogen-bond donors (Lipinski definition) is 0. The van der Waals surface area contributed by atoms with Crippen LogP contribution in [0.25, 0.3) is 165 Å². The summed E-state index contributed by atoms with van der Waals surface area (Å²) < 4.78 is 0. The Labute approximate surface area is 550 Å². The molecule has 0 spiro atoms. The molecule has 16 aromatic carbocycles. The lowest BCUT2D eigenvalue weighted by Gasteiger charge is -2.25. The van der Waals surface area contributed by atoms with Gasteiger partial charge < -0.3 is 0 Å². The summed E-state index contributed by atoms with van der Waals surface area (Å²) in [5.41, 5.74) is 32.3. The maximum absolute atomic E-state index is 2.54. The highest BCUT2D eigenvalue weighted by atomic mass is 14.4. The lowest BCUT2D eigenvalue weighted by atomic mass is 9.78. The summed E-state index contributed by atoms with van der Waals surface area (Å²) in [6.45, 7) is 9.76. The van der Waals surface area contributed by atoms with Gasteiger partial charge in [-0.2, -0.15) is 0 Å². The average Bonchev–Trinajstić information content (AvgIpc) is 1.09. The van der Waals surface area contributed by atoms with Crippen LogP contribution in [0.1, 0.15) is 49.9 Å². The number of rotatable bonds is 9. The summed E-state index contributed by atoms with van der Waals surface area (Å²) in [5, 5.41) is 10.1. The third kappa shape index (κ3) is 8.53. The van der Waals surface area contributed by atoms with E-state index in [1.807, 2.05) is 0 Å². The van der Waals surface area contributed by atoms with E-state index in [2.05, 4.69) is 355 Å². The van der Waals surface area contributed by atoms with Crippen molar-refractivity contribution in [2.75, 3.05) is 0 Å². The van der Waals surface area contributed by atoms with Gasteiger partial charge in [0.2, 0.25) is 0 Å². The first kappa shape index (κ1) is 55.4. The quantitative estimate of drug-likeness (QED) is 0.126. The van der Waals surface area contributed by atoms with Crippen LogP contribution in [0.15, 0.2) is 328 Å². The molecule has 2 aliphatic carbocycles. The van der Waals surface area contributed by atoms with Crippen LogP contribution in [0.3, 0.4) is 0 Å². The van der Waals surface area contributed by atoms with Gasteiger partial charge in [-0.05, 0) is 212 Å². The minimum absolute atomic E-state index is 0.289. The molecule has 18 rings (SSSR count). The Balaban J connectivity index is 0.765. The summed E-state index contributed by atoms with van der Waals surface area (Å²) in [4.78, 5) is 0. The summed E-state index contributed by atoms with van der Waals surface area (Å²) >= 11 is 0. The Bertz CT molecular complexity index is 5360. The second-order valence-corrected chi connectivity index (χ2v) is 26.9. The third-order valence-corrected chi connectivity index (χ3v) is 21.1. The molecule has 0 amide bonds. The minimum atomic E-state index is -0.289. The van der Waals surface area contributed by atoms with Gasteiger partial charge in [-0.15, -0.1) is 0 Å². The topological polar surface area (TPSA) is 0 Å². The van der Waals surface area contributed by atoms with Gasteiger partial charge in [0.05, 0.1) is 0 Å². The molecule has 0 saturated heterocycles. The highest BCUT2D eigenvalue weighted by Gasteiger charge is 2.39. The molecule has 0 heteroatoms. The van der Waals surface area contributed by atoms with Gasteiger partial charge in [0, 0.05) is 10.8 Å². The van der Waals surface area contributed by atoms with Gasteiger partial charge in [-0.25, -0.2) is 0 Å². The van der Waals surface area contributed by atoms with Gasteiger partial charge in [-0.1, -0.05) is 331 Å². The highest BCUT2D eigenvalue weighted by molar-refractivity contribution is 6.29. The zero-order valence-electron chi connectivity index (χ0n) is 53.2. The molecule has 0 atom stereocenters. The van der Waals surface area contributed by atoms with E-state index in [4.69, 9.17) is 0 Å². The van der Waals surface area contributed by atoms with Crippen LogP contribution in [0.5, 0.6) is 0 Å². The standard InChI is InChI=1S/C94H66/c1-93(2)81-55-65(47-51-73(81)75-53-49-67(57-83(75)93)87-79-45-25-39-69(59-27-11-5-12-28-59)89(79)85(63-35-19-9-20-36-63)77-43-23-41-71(91(77)87)61-31-15-7-16-32-61)66-48-52-74-76-54-50-68(58-84(76)94(3,4)82(74)56-66)88-80-46-26-40-70(60-29-13-6-14-30-60)90(80)86(64-37-21-10-22-38-64)78-44-24-42-72(92(78)88)62-33-17-8-18-34-62/h5-58H,1-4H3. The van der Waals surface area contributed by atoms with Crippen molar-refractivity contribution in [2.24, 2.45) is 0 Å². The Morgan fingerprint density at radius 1 is 0.160 bits per heavy atom. The predicted octanol–water partition coefficient (Wildman–Crippen LogP) is 25.9. The van der Waals surface area contributed by atoms with Crippen molar-refractivity contribution in [3.05, 3.63) is 350 Å². The molecule has 94 heavy (non-hydrogen) atoms. The molecule has 0 fully saturated rings. The molecule has 16 aromatic rings. The highest BCUT2D eigenvalue weighted by Crippen LogP contribution is 2.57. The Morgan fingerprint density at radius 3 is 0.628 bits per heavy atom. The Kier molecular flexibility index (Phi) is 12.7. The molecule has 442 valence electrons. The second-order valence-electron chi connectivity index (χ2n) is 26.9. The second kappa shape index (κ2) is 21.6. The van der Waals surface area contributed by atoms with E-state index < -0.39 is 0 Å². The number of benzene rings is 16. The van der Waals surface area contributed by atoms with Crippen LogP contribution in [-0.4, -0.2) is 0 Å². The summed E-state index contributed by atoms with van der Waals surface area (Å²) in [6.07, 6.45) is 0. The largest absolute Gasteiger partial charge is 0.0622 e. The van der Waals surface area contributed by atoms with E-state index in [1.165, 1.54) is 188 Å². The molecule has 0 aliphatic heterocycles. The lowest BCUT2D eigenvalue weighted by molar-refractivity contribution is 0.660. The molecule has 0 saturated carbocycles. The van der Waals surface area contributed by atoms with Crippen LogP contribution >= 0.6 is 0 Å². The third-order valence-electron chi connectivity index (χ3n) is 21.1. The summed E-state index contributed by atoms with van der Waals surface area (Å²) in [6, 6.07) is 123. The van der Waals surface area contributed by atoms with Crippen LogP contribution in [-0.2, 0) is 10.8 Å². The Hall–Kier alpha value is -11.4. The zero-order valence-corrected chi connectivity index (χ0v) is 53.2. The minimum Gasteiger partial charge on any atom is -0.0622 e. The first-order valence-electron chi connectivity index (χ1n) is 33.1. The van der Waals surface area contributed by atoms with Gasteiger partial charge in [0.15, 0.2) is 0 Å². The SMILES string of the molecule is CC1(C)c2cc(-c3ccc4c(c3)C(C)(C)c3cc(-c5c6cccc(-c7ccccc7)c6c(-c6ccccc6)c6cccc(-c7ccccc7)c56)ccc3-4)ccc2-c2ccc(-c3c4cccc(-c5ccccc5)c4c(-c4ccccc4)c4cccc(-c5ccccc5)c34)cc21. The predicted molar refractivity (Wildman–Crippen MR) is 401 cm³/mol. The van der Waals surface area contributed by atoms with Crippen LogP contribution in [0, 0.1) is 0 Å². The normalized spacial score (nSPS) is 13.3. The molecule has 2 aliphatic rings. The fourth-order valence-corrected chi connectivity index (χ4v) is 16.6. The average molecular weight is 1200 g/mol. The molecule has 0 radical (unpaired) electrons. The molecular formula is C94H66. The lowest BCUT2D eigenvalue weighted by Crippen LogP contribution is -2.15. The zero-order chi connectivity index (χ0) is 62.8. The summed E-state index contributed by atoms with van der Waals surface area (Å²) in [7, 11) is 0.